The molecular weight excluding hydrogens is 222 g/mol. The quantitative estimate of drug-likeness (QED) is 0.848. The minimum absolute atomic E-state index is 0.116. The Bertz CT molecular complexity index is 471. The Morgan fingerprint density at radius 3 is 2.50 bits per heavy atom. The van der Waals surface area contributed by atoms with Gasteiger partial charge in [-0.05, 0) is 29.8 Å². The number of nitrogens with one attached hydrogen (secondary N) is 1. The molecule has 0 unspecified atom stereocenters. The molecule has 2 nitrogen and oxygen atoms in total. The Morgan fingerprint density at radius 1 is 1.06 bits per heavy atom. The van der Waals surface area contributed by atoms with Gasteiger partial charge < -0.3 is 10.4 Å². The van der Waals surface area contributed by atoms with Crippen LogP contribution in [0.25, 0.3) is 0 Å². The van der Waals surface area contributed by atoms with Gasteiger partial charge in [0, 0.05) is 12.2 Å². The second-order valence-corrected chi connectivity index (χ2v) is 3.91. The molecule has 0 spiro atoms. The molecule has 0 aliphatic rings. The molecule has 0 aliphatic carbocycles. The molecule has 82 valence electrons. The average Bonchev–Trinajstić information content (AvgIpc) is 2.32. The number of rotatable bonds is 3. The van der Waals surface area contributed by atoms with E-state index in [0.29, 0.717) is 11.6 Å². The van der Waals surface area contributed by atoms with Gasteiger partial charge >= 0.3 is 0 Å². The van der Waals surface area contributed by atoms with E-state index >= 15 is 0 Å². The standard InChI is InChI=1S/C13H12ClNO/c14-12-8-10(6-7-13(12)16)9-15-11-4-2-1-3-5-11/h1-8,15-16H,9H2. The summed E-state index contributed by atoms with van der Waals surface area (Å²) >= 11 is 5.82. The third-order valence-electron chi connectivity index (χ3n) is 2.28. The van der Waals surface area contributed by atoms with Gasteiger partial charge in [-0.25, -0.2) is 0 Å². The summed E-state index contributed by atoms with van der Waals surface area (Å²) in [7, 11) is 0. The first-order valence-corrected chi connectivity index (χ1v) is 5.40. The largest absolute Gasteiger partial charge is 0.506 e. The van der Waals surface area contributed by atoms with E-state index in [1.165, 1.54) is 0 Å². The van der Waals surface area contributed by atoms with Gasteiger partial charge in [0.1, 0.15) is 5.75 Å². The molecule has 0 atom stereocenters. The second-order valence-electron chi connectivity index (χ2n) is 3.51. The van der Waals surface area contributed by atoms with E-state index in [1.807, 2.05) is 36.4 Å². The molecule has 16 heavy (non-hydrogen) atoms. The van der Waals surface area contributed by atoms with E-state index in [1.54, 1.807) is 12.1 Å². The number of benzene rings is 2. The van der Waals surface area contributed by atoms with Crippen LogP contribution >= 0.6 is 11.6 Å². The fraction of sp³-hybridized carbons (Fsp3) is 0.0769. The van der Waals surface area contributed by atoms with Crippen molar-refractivity contribution in [2.75, 3.05) is 5.32 Å². The van der Waals surface area contributed by atoms with Crippen LogP contribution in [0, 0.1) is 0 Å². The van der Waals surface area contributed by atoms with Crippen LogP contribution in [0.5, 0.6) is 5.75 Å². The summed E-state index contributed by atoms with van der Waals surface area (Å²) in [5.41, 5.74) is 2.10. The van der Waals surface area contributed by atoms with Gasteiger partial charge in [-0.1, -0.05) is 35.9 Å². The van der Waals surface area contributed by atoms with Gasteiger partial charge in [0.05, 0.1) is 5.02 Å². The van der Waals surface area contributed by atoms with Crippen LogP contribution in [0.15, 0.2) is 48.5 Å². The lowest BCUT2D eigenvalue weighted by Crippen LogP contribution is -1.98. The first kappa shape index (κ1) is 10.8. The lowest BCUT2D eigenvalue weighted by Gasteiger charge is -2.07. The highest BCUT2D eigenvalue weighted by atomic mass is 35.5. The van der Waals surface area contributed by atoms with Gasteiger partial charge in [-0.3, -0.25) is 0 Å². The maximum atomic E-state index is 9.28. The number of phenols is 1. The number of phenolic OH excluding ortho intramolecular Hbond substituents is 1. The topological polar surface area (TPSA) is 32.3 Å². The van der Waals surface area contributed by atoms with Crippen molar-refractivity contribution in [2.24, 2.45) is 0 Å². The van der Waals surface area contributed by atoms with Crippen molar-refractivity contribution in [3.05, 3.63) is 59.1 Å². The first-order valence-electron chi connectivity index (χ1n) is 5.02. The molecule has 0 aromatic heterocycles. The summed E-state index contributed by atoms with van der Waals surface area (Å²) in [5.74, 6) is 0.116. The van der Waals surface area contributed by atoms with Crippen LogP contribution in [-0.2, 0) is 6.54 Å². The van der Waals surface area contributed by atoms with E-state index in [4.69, 9.17) is 11.6 Å². The van der Waals surface area contributed by atoms with Crippen molar-refractivity contribution in [1.82, 2.24) is 0 Å². The van der Waals surface area contributed by atoms with Crippen molar-refractivity contribution in [3.8, 4) is 5.75 Å². The van der Waals surface area contributed by atoms with Gasteiger partial charge in [-0.15, -0.1) is 0 Å². The summed E-state index contributed by atoms with van der Waals surface area (Å²) in [5, 5.41) is 12.9. The molecular formula is C13H12ClNO. The molecule has 0 saturated heterocycles. The number of para-hydroxylation sites is 1. The number of aromatic hydroxyl groups is 1. The zero-order valence-electron chi connectivity index (χ0n) is 8.65. The predicted octanol–water partition coefficient (Wildman–Crippen LogP) is 3.66. The fourth-order valence-electron chi connectivity index (χ4n) is 1.42. The molecule has 2 aromatic rings. The lowest BCUT2D eigenvalue weighted by molar-refractivity contribution is 0.475. The van der Waals surface area contributed by atoms with Crippen molar-refractivity contribution in [1.29, 1.82) is 0 Å². The third-order valence-corrected chi connectivity index (χ3v) is 2.59. The average molecular weight is 234 g/mol. The lowest BCUT2D eigenvalue weighted by atomic mass is 10.2. The van der Waals surface area contributed by atoms with Crippen LogP contribution < -0.4 is 5.32 Å². The van der Waals surface area contributed by atoms with Crippen molar-refractivity contribution in [3.63, 3.8) is 0 Å². The zero-order chi connectivity index (χ0) is 11.4. The molecule has 2 N–H and O–H groups in total. The zero-order valence-corrected chi connectivity index (χ0v) is 9.41. The Hall–Kier alpha value is -1.67. The fourth-order valence-corrected chi connectivity index (χ4v) is 1.62. The number of anilines is 1. The molecule has 2 rings (SSSR count). The summed E-state index contributed by atoms with van der Waals surface area (Å²) < 4.78 is 0. The van der Waals surface area contributed by atoms with Gasteiger partial charge in [-0.2, -0.15) is 0 Å². The van der Waals surface area contributed by atoms with Crippen LogP contribution in [0.3, 0.4) is 0 Å². The Balaban J connectivity index is 2.03. The maximum Gasteiger partial charge on any atom is 0.134 e. The first-order chi connectivity index (χ1) is 7.75. The van der Waals surface area contributed by atoms with E-state index < -0.39 is 0 Å². The third kappa shape index (κ3) is 2.67. The minimum Gasteiger partial charge on any atom is -0.506 e. The summed E-state index contributed by atoms with van der Waals surface area (Å²) in [4.78, 5) is 0. The summed E-state index contributed by atoms with van der Waals surface area (Å²) in [6.45, 7) is 0.685. The predicted molar refractivity (Wildman–Crippen MR) is 66.9 cm³/mol. The molecule has 0 heterocycles. The van der Waals surface area contributed by atoms with Crippen molar-refractivity contribution in [2.45, 2.75) is 6.54 Å². The van der Waals surface area contributed by atoms with Gasteiger partial charge in [0.15, 0.2) is 0 Å². The van der Waals surface area contributed by atoms with Gasteiger partial charge in [0.2, 0.25) is 0 Å². The second kappa shape index (κ2) is 4.90. The normalized spacial score (nSPS) is 10.1. The Labute approximate surface area is 99.5 Å². The SMILES string of the molecule is Oc1ccc(CNc2ccccc2)cc1Cl. The van der Waals surface area contributed by atoms with Gasteiger partial charge in [0.25, 0.3) is 0 Å². The van der Waals surface area contributed by atoms with Crippen LogP contribution in [0.4, 0.5) is 5.69 Å². The van der Waals surface area contributed by atoms with Crippen LogP contribution in [-0.4, -0.2) is 5.11 Å². The summed E-state index contributed by atoms with van der Waals surface area (Å²) in [6.07, 6.45) is 0. The summed E-state index contributed by atoms with van der Waals surface area (Å²) in [6, 6.07) is 15.1. The number of hydrogen-bond donors (Lipinski definition) is 2. The van der Waals surface area contributed by atoms with Crippen LogP contribution in [0.2, 0.25) is 5.02 Å². The Kier molecular flexibility index (Phi) is 3.32. The van der Waals surface area contributed by atoms with Crippen LogP contribution in [0.1, 0.15) is 5.56 Å². The molecule has 0 fully saturated rings. The molecule has 0 amide bonds. The molecule has 3 heteroatoms. The monoisotopic (exact) mass is 233 g/mol. The molecule has 0 bridgehead atoms. The van der Waals surface area contributed by atoms with E-state index in [9.17, 15) is 5.11 Å². The molecule has 0 aliphatic heterocycles. The van der Waals surface area contributed by atoms with Crippen molar-refractivity contribution < 1.29 is 5.11 Å². The number of hydrogen-bond acceptors (Lipinski definition) is 2. The highest BCUT2D eigenvalue weighted by Crippen LogP contribution is 2.23. The van der Waals surface area contributed by atoms with Crippen molar-refractivity contribution >= 4 is 17.3 Å². The van der Waals surface area contributed by atoms with E-state index in [-0.39, 0.29) is 5.75 Å². The maximum absolute atomic E-state index is 9.28. The van der Waals surface area contributed by atoms with E-state index in [2.05, 4.69) is 5.32 Å². The highest BCUT2D eigenvalue weighted by Gasteiger charge is 1.99. The highest BCUT2D eigenvalue weighted by molar-refractivity contribution is 6.32. The van der Waals surface area contributed by atoms with E-state index in [0.717, 1.165) is 11.3 Å². The Morgan fingerprint density at radius 2 is 1.81 bits per heavy atom. The minimum atomic E-state index is 0.116. The number of halogens is 1. The molecule has 2 aromatic carbocycles. The smallest absolute Gasteiger partial charge is 0.134 e. The molecule has 0 radical (unpaired) electrons. The molecule has 0 saturated carbocycles.